The molecule has 1 aromatic rings. The Morgan fingerprint density at radius 2 is 1.70 bits per heavy atom. The van der Waals surface area contributed by atoms with E-state index in [1.165, 1.54) is 10.8 Å². The van der Waals surface area contributed by atoms with Crippen molar-refractivity contribution in [3.8, 4) is 0 Å². The number of nitrogens with one attached hydrogen (secondary N) is 1. The zero-order valence-electron chi connectivity index (χ0n) is 17.5. The maximum atomic E-state index is 12.2. The average molecular weight is 536 g/mol. The summed E-state index contributed by atoms with van der Waals surface area (Å²) in [4.78, 5) is 54.1. The molecule has 1 aliphatic heterocycles. The monoisotopic (exact) mass is 536 g/mol. The Kier molecular flexibility index (Phi) is 7.44. The second kappa shape index (κ2) is 9.23. The molecule has 3 rings (SSSR count). The Morgan fingerprint density at radius 1 is 1.09 bits per heavy atom. The normalized spacial score (nSPS) is 31.9. The van der Waals surface area contributed by atoms with Crippen molar-refractivity contribution in [3.63, 3.8) is 0 Å². The molecule has 0 spiro atoms. The molecule has 2 fully saturated rings. The van der Waals surface area contributed by atoms with Gasteiger partial charge in [-0.1, -0.05) is 0 Å². The molecule has 7 atom stereocenters. The average Bonchev–Trinajstić information content (AvgIpc) is 3.11. The maximum Gasteiger partial charge on any atom is 0.490 e. The third kappa shape index (κ3) is 6.57. The molecule has 0 bridgehead atoms. The van der Waals surface area contributed by atoms with Crippen LogP contribution in [0, 0.1) is 5.92 Å². The summed E-state index contributed by atoms with van der Waals surface area (Å²) in [7, 11) is -15.1. The van der Waals surface area contributed by atoms with Crippen LogP contribution in [0.1, 0.15) is 26.3 Å². The van der Waals surface area contributed by atoms with Gasteiger partial charge in [0.15, 0.2) is 5.79 Å². The zero-order chi connectivity index (χ0) is 24.8. The molecule has 0 radical (unpaired) electrons. The summed E-state index contributed by atoms with van der Waals surface area (Å²) in [5.41, 5.74) is -1.29. The summed E-state index contributed by atoms with van der Waals surface area (Å²) in [6.45, 7) is 2.70. The number of aromatic amines is 1. The number of hydrogen-bond acceptors (Lipinski definition) is 11. The van der Waals surface area contributed by atoms with Crippen LogP contribution in [0.15, 0.2) is 21.9 Å². The Hall–Kier alpha value is -0.990. The van der Waals surface area contributed by atoms with Gasteiger partial charge in [-0.2, -0.15) is 8.62 Å². The molecule has 4 N–H and O–H groups in total. The molecule has 2 aliphatic rings. The Morgan fingerprint density at radius 3 is 2.30 bits per heavy atom. The van der Waals surface area contributed by atoms with Crippen molar-refractivity contribution in [2.24, 2.45) is 5.92 Å². The van der Waals surface area contributed by atoms with E-state index < -0.39 is 71.3 Å². The minimum Gasteiger partial charge on any atom is -0.344 e. The fourth-order valence-corrected chi connectivity index (χ4v) is 7.01. The van der Waals surface area contributed by atoms with Crippen LogP contribution in [0.25, 0.3) is 0 Å². The number of aromatic nitrogens is 2. The first-order valence-corrected chi connectivity index (χ1v) is 13.8. The van der Waals surface area contributed by atoms with Crippen molar-refractivity contribution in [1.82, 2.24) is 9.55 Å². The molecule has 16 nitrogen and oxygen atoms in total. The molecule has 33 heavy (non-hydrogen) atoms. The van der Waals surface area contributed by atoms with E-state index in [4.69, 9.17) is 18.9 Å². The lowest BCUT2D eigenvalue weighted by Crippen LogP contribution is -2.36. The minimum atomic E-state index is -5.54. The van der Waals surface area contributed by atoms with Crippen molar-refractivity contribution in [3.05, 3.63) is 33.1 Å². The van der Waals surface area contributed by atoms with E-state index in [0.29, 0.717) is 7.11 Å². The lowest BCUT2D eigenvalue weighted by molar-refractivity contribution is -0.161. The molecule has 188 valence electrons. The predicted molar refractivity (Wildman–Crippen MR) is 107 cm³/mol. The van der Waals surface area contributed by atoms with Gasteiger partial charge in [0.25, 0.3) is 5.56 Å². The van der Waals surface area contributed by atoms with E-state index in [1.54, 1.807) is 13.8 Å². The molecule has 1 saturated carbocycles. The second-order valence-corrected chi connectivity index (χ2v) is 12.4. The summed E-state index contributed by atoms with van der Waals surface area (Å²) in [6.07, 6.45) is 0.0150. The predicted octanol–water partition coefficient (Wildman–Crippen LogP) is 0.615. The largest absolute Gasteiger partial charge is 0.490 e. The molecule has 19 heteroatoms. The highest BCUT2D eigenvalue weighted by Crippen LogP contribution is 2.67. The fraction of sp³-hybridized carbons (Fsp3) is 0.714. The van der Waals surface area contributed by atoms with Crippen LogP contribution in [0.2, 0.25) is 0 Å². The van der Waals surface area contributed by atoms with Crippen molar-refractivity contribution in [2.75, 3.05) is 13.7 Å². The summed E-state index contributed by atoms with van der Waals surface area (Å²) < 4.78 is 64.7. The summed E-state index contributed by atoms with van der Waals surface area (Å²) >= 11 is 0. The smallest absolute Gasteiger partial charge is 0.344 e. The van der Waals surface area contributed by atoms with Gasteiger partial charge >= 0.3 is 29.2 Å². The number of rotatable bonds is 9. The van der Waals surface area contributed by atoms with E-state index in [2.05, 4.69) is 18.1 Å². The van der Waals surface area contributed by atoms with Gasteiger partial charge in [-0.3, -0.25) is 23.4 Å². The zero-order valence-corrected chi connectivity index (χ0v) is 20.2. The summed E-state index contributed by atoms with van der Waals surface area (Å²) in [5.74, 6) is -1.72. The lowest BCUT2D eigenvalue weighted by atomic mass is 10.1. The van der Waals surface area contributed by atoms with Gasteiger partial charge in [0.1, 0.15) is 6.10 Å². The van der Waals surface area contributed by atoms with Gasteiger partial charge in [0.2, 0.25) is 0 Å². The Bertz CT molecular complexity index is 1150. The van der Waals surface area contributed by atoms with Crippen LogP contribution < -0.4 is 11.2 Å². The van der Waals surface area contributed by atoms with Crippen molar-refractivity contribution in [2.45, 2.75) is 44.3 Å². The molecule has 1 saturated heterocycles. The molecular formula is C14H23N2O14P3. The van der Waals surface area contributed by atoms with Gasteiger partial charge < -0.3 is 24.2 Å². The van der Waals surface area contributed by atoms with Crippen molar-refractivity contribution < 1.29 is 55.5 Å². The van der Waals surface area contributed by atoms with Gasteiger partial charge in [-0.05, 0) is 20.3 Å². The van der Waals surface area contributed by atoms with E-state index in [0.717, 1.165) is 6.07 Å². The third-order valence-electron chi connectivity index (χ3n) is 4.86. The number of phosphoric acid groups is 3. The molecule has 0 amide bonds. The summed E-state index contributed by atoms with van der Waals surface area (Å²) in [5, 5.41) is 0. The van der Waals surface area contributed by atoms with Gasteiger partial charge in [0.05, 0.1) is 18.8 Å². The van der Waals surface area contributed by atoms with Crippen molar-refractivity contribution in [1.29, 1.82) is 0 Å². The van der Waals surface area contributed by atoms with Crippen LogP contribution in [-0.2, 0) is 40.8 Å². The molecule has 0 aromatic carbocycles. The molecule has 2 heterocycles. The highest BCUT2D eigenvalue weighted by Gasteiger charge is 2.55. The third-order valence-corrected chi connectivity index (χ3v) is 9.09. The maximum absolute atomic E-state index is 12.2. The molecule has 7 unspecified atom stereocenters. The van der Waals surface area contributed by atoms with E-state index in [9.17, 15) is 33.1 Å². The topological polar surface area (TPSA) is 222 Å². The summed E-state index contributed by atoms with van der Waals surface area (Å²) in [6, 6.07) is 0.512. The lowest BCUT2D eigenvalue weighted by Gasteiger charge is -2.24. The highest BCUT2D eigenvalue weighted by atomic mass is 31.3. The number of ether oxygens (including phenoxy) is 2. The first-order chi connectivity index (χ1) is 15.0. The van der Waals surface area contributed by atoms with Gasteiger partial charge in [-0.15, -0.1) is 0 Å². The first-order valence-electron chi connectivity index (χ1n) is 9.31. The number of fused-ring (bicyclic) bond motifs is 1. The SMILES string of the molecule is COP(=O)(O)OP(=O)(O)OP(=O)(O)OCC1CC(n2ccc(=O)[nH]c2=O)C2OC(C)(C)OC12. The Labute approximate surface area is 186 Å². The molecule has 1 aliphatic carbocycles. The second-order valence-electron chi connectivity index (χ2n) is 7.69. The van der Waals surface area contributed by atoms with E-state index >= 15 is 0 Å². The number of hydrogen-bond donors (Lipinski definition) is 4. The van der Waals surface area contributed by atoms with Crippen LogP contribution in [0.3, 0.4) is 0 Å². The quantitative estimate of drug-likeness (QED) is 0.318. The van der Waals surface area contributed by atoms with Crippen LogP contribution in [0.4, 0.5) is 0 Å². The van der Waals surface area contributed by atoms with Crippen molar-refractivity contribution >= 4 is 23.5 Å². The van der Waals surface area contributed by atoms with Crippen LogP contribution in [0.5, 0.6) is 0 Å². The number of phosphoric ester groups is 2. The van der Waals surface area contributed by atoms with Crippen LogP contribution >= 0.6 is 23.5 Å². The Balaban J connectivity index is 1.74. The molecular weight excluding hydrogens is 513 g/mol. The minimum absolute atomic E-state index is 0.139. The van der Waals surface area contributed by atoms with E-state index in [1.807, 2.05) is 0 Å². The van der Waals surface area contributed by atoms with Gasteiger partial charge in [0, 0.05) is 25.3 Å². The van der Waals surface area contributed by atoms with Gasteiger partial charge in [-0.25, -0.2) is 18.5 Å². The molecule has 1 aromatic heterocycles. The first kappa shape index (κ1) is 26.6. The standard InChI is InChI=1S/C14H23N2O14P3/c1-14(2)27-11-8(6-9(12(11)28-14)16-5-4-10(17)15-13(16)18)7-26-32(21,22)30-33(23,24)29-31(19,20)25-3/h4-5,8-9,11-12H,6-7H2,1-3H3,(H,19,20)(H,21,22)(H,23,24)(H,15,17,18). The van der Waals surface area contributed by atoms with E-state index in [-0.39, 0.29) is 6.42 Å². The number of nitrogens with zero attached hydrogens (tertiary/aromatic N) is 1. The highest BCUT2D eigenvalue weighted by molar-refractivity contribution is 7.66. The fourth-order valence-electron chi connectivity index (χ4n) is 3.70. The van der Waals surface area contributed by atoms with Crippen LogP contribution in [-0.4, -0.2) is 55.9 Å². The number of H-pyrrole nitrogens is 1.